The predicted octanol–water partition coefficient (Wildman–Crippen LogP) is -0.869. The van der Waals surface area contributed by atoms with Crippen molar-refractivity contribution in [3.05, 3.63) is 0 Å². The lowest BCUT2D eigenvalue weighted by Gasteiger charge is -1.55. The lowest BCUT2D eigenvalue weighted by atomic mass is 10.8. The van der Waals surface area contributed by atoms with Gasteiger partial charge >= 0.3 is 0 Å². The van der Waals surface area contributed by atoms with Crippen molar-refractivity contribution in [3.63, 3.8) is 0 Å². The minimum Gasteiger partial charge on any atom is -0.384 e. The molecule has 0 aliphatic heterocycles. The van der Waals surface area contributed by atoms with Crippen LogP contribution in [0.15, 0.2) is 0 Å². The van der Waals surface area contributed by atoms with Crippen LogP contribution in [0.25, 0.3) is 0 Å². The first-order chi connectivity index (χ1) is 1.91. The largest absolute Gasteiger partial charge is 0.384 e. The van der Waals surface area contributed by atoms with Gasteiger partial charge in [0.25, 0.3) is 0 Å². The zero-order chi connectivity index (χ0) is 3.41. The fourth-order valence-corrected chi connectivity index (χ4v) is 0. The van der Waals surface area contributed by atoms with Crippen LogP contribution >= 0.6 is 0 Å². The molecule has 0 heterocycles. The smallest absolute Gasteiger partial charge is 0.103 e. The molecular formula is C3H4NO. The molecule has 0 bridgehead atoms. The topological polar surface area (TPSA) is 50.7 Å². The summed E-state index contributed by atoms with van der Waals surface area (Å²) in [6, 6.07) is 0. The first-order valence-corrected chi connectivity index (χ1v) is 0.958. The number of aliphatic hydroxyl groups excluding tert-OH is 1. The van der Waals surface area contributed by atoms with E-state index in [0.29, 0.717) is 0 Å². The maximum Gasteiger partial charge on any atom is 0.103 e. The van der Waals surface area contributed by atoms with Crippen molar-refractivity contribution < 1.29 is 5.11 Å². The highest BCUT2D eigenvalue weighted by Gasteiger charge is 1.43. The fraction of sp³-hybridized carbons (Fsp3) is 0.333. The molecule has 3 radical (unpaired) electrons. The molecule has 2 heteroatoms. The molecule has 0 aliphatic carbocycles. The van der Waals surface area contributed by atoms with E-state index >= 15 is 0 Å². The molecule has 0 unspecified atom stereocenters. The average Bonchev–Trinajstić information content (AvgIpc) is 1.37. The van der Waals surface area contributed by atoms with Gasteiger partial charge in [0, 0.05) is 6.15 Å². The highest BCUT2D eigenvalue weighted by Crippen LogP contribution is 1.34. The quantitative estimate of drug-likeness (QED) is 0.370. The molecule has 1 N–H and O–H groups in total. The number of hydrogen-bond acceptors (Lipinski definition) is 1. The Hall–Kier alpha value is -0.520. The second kappa shape index (κ2) is 9.77. The summed E-state index contributed by atoms with van der Waals surface area (Å²) in [5.41, 5.74) is 0. The summed E-state index contributed by atoms with van der Waals surface area (Å²) < 4.78 is 0. The Bertz CT molecular complexity index is 36.6. The van der Waals surface area contributed by atoms with E-state index in [1.165, 1.54) is 0 Å². The van der Waals surface area contributed by atoms with Crippen LogP contribution < -0.4 is 6.15 Å². The Morgan fingerprint density at radius 1 is 1.80 bits per heavy atom. The minimum atomic E-state index is -0.153. The Morgan fingerprint density at radius 2 is 2.00 bits per heavy atom. The molecule has 0 saturated carbocycles. The fourth-order valence-electron chi connectivity index (χ4n) is 0. The number of aliphatic hydroxyl groups is 1. The molecule has 0 rings (SSSR count). The molecule has 0 amide bonds. The Balaban J connectivity index is 0. The van der Waals surface area contributed by atoms with Crippen molar-refractivity contribution in [1.82, 2.24) is 6.15 Å². The van der Waals surface area contributed by atoms with E-state index in [2.05, 4.69) is 6.42 Å². The van der Waals surface area contributed by atoms with Gasteiger partial charge in [-0.1, -0.05) is 5.92 Å². The number of terminal acetylenes is 1. The van der Waals surface area contributed by atoms with Crippen LogP contribution in [0.3, 0.4) is 0 Å². The van der Waals surface area contributed by atoms with Crippen LogP contribution in [0, 0.1) is 12.3 Å². The predicted molar refractivity (Wildman–Crippen MR) is 18.1 cm³/mol. The van der Waals surface area contributed by atoms with E-state index in [0.717, 1.165) is 0 Å². The molecule has 2 nitrogen and oxygen atoms in total. The Morgan fingerprint density at radius 3 is 2.00 bits per heavy atom. The molecule has 0 aromatic heterocycles. The number of nitrogens with zero attached hydrogens (tertiary/aromatic N) is 1. The van der Waals surface area contributed by atoms with Gasteiger partial charge in [-0.3, -0.25) is 0 Å². The third-order valence-corrected chi connectivity index (χ3v) is 0.0913. The van der Waals surface area contributed by atoms with Gasteiger partial charge in [0.2, 0.25) is 0 Å². The molecule has 27 valence electrons. The van der Waals surface area contributed by atoms with Crippen LogP contribution in [-0.2, 0) is 0 Å². The summed E-state index contributed by atoms with van der Waals surface area (Å²) in [5, 5.41) is 7.64. The molecule has 0 aliphatic rings. The van der Waals surface area contributed by atoms with E-state index in [1.54, 1.807) is 0 Å². The number of hydrogen-bond donors (Lipinski definition) is 1. The maximum absolute atomic E-state index is 7.64. The van der Waals surface area contributed by atoms with Crippen molar-refractivity contribution in [2.24, 2.45) is 0 Å². The maximum atomic E-state index is 7.64. The molecule has 0 fully saturated rings. The first kappa shape index (κ1) is 8.82. The van der Waals surface area contributed by atoms with E-state index in [-0.39, 0.29) is 12.8 Å². The van der Waals surface area contributed by atoms with E-state index in [4.69, 9.17) is 5.11 Å². The second-order valence-electron chi connectivity index (χ2n) is 0.362. The van der Waals surface area contributed by atoms with E-state index < -0.39 is 0 Å². The molecular weight excluding hydrogens is 66.0 g/mol. The van der Waals surface area contributed by atoms with Crippen LogP contribution in [0.2, 0.25) is 0 Å². The summed E-state index contributed by atoms with van der Waals surface area (Å²) in [5.74, 6) is 1.99. The molecule has 0 atom stereocenters. The van der Waals surface area contributed by atoms with Crippen molar-refractivity contribution in [2.75, 3.05) is 6.61 Å². The van der Waals surface area contributed by atoms with Crippen molar-refractivity contribution >= 4 is 0 Å². The SMILES string of the molecule is C#CCO.[N]. The highest BCUT2D eigenvalue weighted by atomic mass is 16.2. The standard InChI is InChI=1S/C3H4O.N/c1-2-3-4;/h1,4H,3H2;. The molecule has 0 aromatic rings. The van der Waals surface area contributed by atoms with Gasteiger partial charge < -0.3 is 5.11 Å². The molecule has 0 aromatic carbocycles. The van der Waals surface area contributed by atoms with Crippen LogP contribution in [0.4, 0.5) is 0 Å². The minimum absolute atomic E-state index is 0. The van der Waals surface area contributed by atoms with Gasteiger partial charge in [0.1, 0.15) is 6.61 Å². The summed E-state index contributed by atoms with van der Waals surface area (Å²) >= 11 is 0. The van der Waals surface area contributed by atoms with E-state index in [9.17, 15) is 0 Å². The second-order valence-corrected chi connectivity index (χ2v) is 0.362. The van der Waals surface area contributed by atoms with Gasteiger partial charge in [-0.25, -0.2) is 0 Å². The highest BCUT2D eigenvalue weighted by molar-refractivity contribution is 4.81. The normalized spacial score (nSPS) is 4.00. The average molecular weight is 70.1 g/mol. The summed E-state index contributed by atoms with van der Waals surface area (Å²) in [7, 11) is 0. The van der Waals surface area contributed by atoms with Crippen LogP contribution in [0.1, 0.15) is 0 Å². The van der Waals surface area contributed by atoms with Crippen LogP contribution in [-0.4, -0.2) is 11.7 Å². The molecule has 0 saturated heterocycles. The summed E-state index contributed by atoms with van der Waals surface area (Å²) in [4.78, 5) is 0. The molecule has 5 heavy (non-hydrogen) atoms. The van der Waals surface area contributed by atoms with Gasteiger partial charge in [0.15, 0.2) is 0 Å². The third kappa shape index (κ3) is 33.1. The lowest BCUT2D eigenvalue weighted by Crippen LogP contribution is -1.64. The van der Waals surface area contributed by atoms with Crippen LogP contribution in [0.5, 0.6) is 0 Å². The number of rotatable bonds is 0. The van der Waals surface area contributed by atoms with E-state index in [1.807, 2.05) is 5.92 Å². The summed E-state index contributed by atoms with van der Waals surface area (Å²) in [6.45, 7) is -0.153. The lowest BCUT2D eigenvalue weighted by molar-refractivity contribution is 0.351. The monoisotopic (exact) mass is 70.0 g/mol. The zero-order valence-electron chi connectivity index (χ0n) is 2.68. The van der Waals surface area contributed by atoms with Gasteiger partial charge in [-0.2, -0.15) is 0 Å². The molecule has 0 spiro atoms. The first-order valence-electron chi connectivity index (χ1n) is 0.958. The summed E-state index contributed by atoms with van der Waals surface area (Å²) in [6.07, 6.45) is 4.53. The van der Waals surface area contributed by atoms with Crippen molar-refractivity contribution in [3.8, 4) is 12.3 Å². The Labute approximate surface area is 31.4 Å². The van der Waals surface area contributed by atoms with Gasteiger partial charge in [-0.05, 0) is 0 Å². The Kier molecular flexibility index (Phi) is 17.2. The van der Waals surface area contributed by atoms with Crippen molar-refractivity contribution in [1.29, 1.82) is 0 Å². The third-order valence-electron chi connectivity index (χ3n) is 0.0913. The zero-order valence-corrected chi connectivity index (χ0v) is 2.68. The van der Waals surface area contributed by atoms with Crippen molar-refractivity contribution in [2.45, 2.75) is 0 Å². The van der Waals surface area contributed by atoms with Gasteiger partial charge in [0.05, 0.1) is 0 Å². The van der Waals surface area contributed by atoms with Gasteiger partial charge in [-0.15, -0.1) is 6.42 Å².